The largest absolute Gasteiger partial charge is 0.573 e. The van der Waals surface area contributed by atoms with Crippen LogP contribution < -0.4 is 14.4 Å². The third kappa shape index (κ3) is 3.91. The number of carboxylic acids is 1. The van der Waals surface area contributed by atoms with Gasteiger partial charge in [0.2, 0.25) is 5.95 Å². The van der Waals surface area contributed by atoms with Crippen molar-refractivity contribution in [2.75, 3.05) is 12.0 Å². The lowest BCUT2D eigenvalue weighted by Gasteiger charge is -2.23. The van der Waals surface area contributed by atoms with Gasteiger partial charge in [-0.25, -0.2) is 14.8 Å². The van der Waals surface area contributed by atoms with Gasteiger partial charge in [-0.1, -0.05) is 12.1 Å². The lowest BCUT2D eigenvalue weighted by Crippen LogP contribution is -2.20. The molecular formula is C20H15F3N4O4S. The Bertz CT molecular complexity index is 1290. The second-order valence-electron chi connectivity index (χ2n) is 6.48. The van der Waals surface area contributed by atoms with Crippen molar-refractivity contribution < 1.29 is 32.5 Å². The Kier molecular flexibility index (Phi) is 5.38. The molecule has 0 aliphatic heterocycles. The average molecular weight is 464 g/mol. The van der Waals surface area contributed by atoms with Crippen LogP contribution in [0.1, 0.15) is 10.4 Å². The van der Waals surface area contributed by atoms with Crippen molar-refractivity contribution in [3.8, 4) is 11.5 Å². The topological polar surface area (TPSA) is 89.7 Å². The number of nitrogens with zero attached hydrogens (tertiary/aromatic N) is 4. The van der Waals surface area contributed by atoms with E-state index >= 15 is 0 Å². The lowest BCUT2D eigenvalue weighted by atomic mass is 10.2. The highest BCUT2D eigenvalue weighted by Crippen LogP contribution is 2.43. The first kappa shape index (κ1) is 21.4. The standard InChI is InChI=1S/C20H15F3N4O4S/c1-26-14-10-16(30-2)11(17(28)29)9-12(14)25-18(26)27(19-24-7-8-32-19)13-5-3-4-6-15(13)31-20(21,22)23/h3-10H,1-2H3,(H,28,29). The van der Waals surface area contributed by atoms with Gasteiger partial charge in [-0.05, 0) is 18.2 Å². The second kappa shape index (κ2) is 8.04. The number of aromatic carboxylic acids is 1. The van der Waals surface area contributed by atoms with Crippen molar-refractivity contribution in [2.45, 2.75) is 6.36 Å². The minimum absolute atomic E-state index is 0.0589. The smallest absolute Gasteiger partial charge is 0.496 e. The number of para-hydroxylation sites is 2. The number of benzene rings is 2. The molecule has 0 unspecified atom stereocenters. The normalized spacial score (nSPS) is 11.5. The van der Waals surface area contributed by atoms with Crippen molar-refractivity contribution in [1.29, 1.82) is 0 Å². The first-order valence-corrected chi connectivity index (χ1v) is 9.89. The van der Waals surface area contributed by atoms with Gasteiger partial charge < -0.3 is 19.1 Å². The number of halogens is 3. The Balaban J connectivity index is 1.96. The van der Waals surface area contributed by atoms with Gasteiger partial charge in [0, 0.05) is 24.7 Å². The van der Waals surface area contributed by atoms with Gasteiger partial charge in [-0.2, -0.15) is 0 Å². The van der Waals surface area contributed by atoms with Crippen LogP contribution in [0.2, 0.25) is 0 Å². The summed E-state index contributed by atoms with van der Waals surface area (Å²) in [7, 11) is 3.00. The summed E-state index contributed by atoms with van der Waals surface area (Å²) in [6, 6.07) is 8.48. The van der Waals surface area contributed by atoms with Crippen LogP contribution in [0.15, 0.2) is 48.0 Å². The van der Waals surface area contributed by atoms with E-state index in [9.17, 15) is 23.1 Å². The zero-order valence-corrected chi connectivity index (χ0v) is 17.4. The number of aromatic nitrogens is 3. The first-order chi connectivity index (χ1) is 15.2. The highest BCUT2D eigenvalue weighted by Gasteiger charge is 2.34. The Labute approximate surface area is 183 Å². The molecule has 0 aliphatic carbocycles. The second-order valence-corrected chi connectivity index (χ2v) is 7.36. The van der Waals surface area contributed by atoms with E-state index in [0.29, 0.717) is 16.2 Å². The van der Waals surface area contributed by atoms with Crippen LogP contribution >= 0.6 is 11.3 Å². The van der Waals surface area contributed by atoms with Crippen LogP contribution in [-0.2, 0) is 7.05 Å². The monoisotopic (exact) mass is 464 g/mol. The van der Waals surface area contributed by atoms with E-state index in [1.807, 2.05) is 0 Å². The Morgan fingerprint density at radius 1 is 1.22 bits per heavy atom. The Morgan fingerprint density at radius 3 is 2.59 bits per heavy atom. The van der Waals surface area contributed by atoms with Crippen LogP contribution in [0.25, 0.3) is 11.0 Å². The molecule has 166 valence electrons. The number of hydrogen-bond acceptors (Lipinski definition) is 7. The van der Waals surface area contributed by atoms with Crippen LogP contribution in [0.3, 0.4) is 0 Å². The fourth-order valence-electron chi connectivity index (χ4n) is 3.22. The molecule has 0 saturated carbocycles. The summed E-state index contributed by atoms with van der Waals surface area (Å²) < 4.78 is 50.1. The van der Waals surface area contributed by atoms with Gasteiger partial charge in [-0.3, -0.25) is 4.90 Å². The van der Waals surface area contributed by atoms with E-state index in [-0.39, 0.29) is 22.9 Å². The summed E-state index contributed by atoms with van der Waals surface area (Å²) in [5.74, 6) is -1.30. The molecule has 0 fully saturated rings. The Morgan fingerprint density at radius 2 is 1.97 bits per heavy atom. The molecule has 2 aromatic heterocycles. The first-order valence-electron chi connectivity index (χ1n) is 9.01. The summed E-state index contributed by atoms with van der Waals surface area (Å²) in [6.45, 7) is 0. The maximum absolute atomic E-state index is 13.0. The molecule has 0 saturated heterocycles. The molecule has 4 rings (SSSR count). The number of fused-ring (bicyclic) bond motifs is 1. The molecule has 32 heavy (non-hydrogen) atoms. The lowest BCUT2D eigenvalue weighted by molar-refractivity contribution is -0.274. The number of rotatable bonds is 6. The molecule has 0 atom stereocenters. The zero-order valence-electron chi connectivity index (χ0n) is 16.6. The highest BCUT2D eigenvalue weighted by molar-refractivity contribution is 7.13. The third-order valence-corrected chi connectivity index (χ3v) is 5.31. The van der Waals surface area contributed by atoms with E-state index < -0.39 is 18.1 Å². The number of carboxylic acid groups (broad SMARTS) is 1. The molecule has 4 aromatic rings. The number of ether oxygens (including phenoxy) is 2. The molecule has 0 spiro atoms. The molecule has 1 N–H and O–H groups in total. The number of thiazole rings is 1. The van der Waals surface area contributed by atoms with Gasteiger partial charge in [0.25, 0.3) is 0 Å². The number of hydrogen-bond donors (Lipinski definition) is 1. The van der Waals surface area contributed by atoms with Crippen molar-refractivity contribution in [3.63, 3.8) is 0 Å². The van der Waals surface area contributed by atoms with Crippen molar-refractivity contribution in [3.05, 3.63) is 53.5 Å². The molecule has 0 amide bonds. The average Bonchev–Trinajstić information content (AvgIpc) is 3.36. The molecule has 8 nitrogen and oxygen atoms in total. The van der Waals surface area contributed by atoms with Gasteiger partial charge in [0.15, 0.2) is 10.9 Å². The maximum Gasteiger partial charge on any atom is 0.573 e. The third-order valence-electron chi connectivity index (χ3n) is 4.55. The quantitative estimate of drug-likeness (QED) is 0.424. The van der Waals surface area contributed by atoms with Gasteiger partial charge >= 0.3 is 12.3 Å². The van der Waals surface area contributed by atoms with Gasteiger partial charge in [-0.15, -0.1) is 24.5 Å². The van der Waals surface area contributed by atoms with Crippen LogP contribution in [0, 0.1) is 0 Å². The van der Waals surface area contributed by atoms with Crippen molar-refractivity contribution in [2.24, 2.45) is 7.05 Å². The van der Waals surface area contributed by atoms with Gasteiger partial charge in [0.1, 0.15) is 11.3 Å². The van der Waals surface area contributed by atoms with E-state index in [2.05, 4.69) is 14.7 Å². The summed E-state index contributed by atoms with van der Waals surface area (Å²) in [6.07, 6.45) is -3.39. The molecule has 2 heterocycles. The van der Waals surface area contributed by atoms with E-state index in [1.54, 1.807) is 23.1 Å². The van der Waals surface area contributed by atoms with Crippen LogP contribution in [-0.4, -0.2) is 39.1 Å². The van der Waals surface area contributed by atoms with Crippen LogP contribution in [0.5, 0.6) is 11.5 Å². The maximum atomic E-state index is 13.0. The number of alkyl halides is 3. The fraction of sp³-hybridized carbons (Fsp3) is 0.150. The number of imidazole rings is 1. The minimum Gasteiger partial charge on any atom is -0.496 e. The van der Waals surface area contributed by atoms with E-state index in [4.69, 9.17) is 4.74 Å². The summed E-state index contributed by atoms with van der Waals surface area (Å²) in [5, 5.41) is 11.5. The molecule has 12 heteroatoms. The Hall–Kier alpha value is -3.80. The SMILES string of the molecule is COc1cc2c(cc1C(=O)O)nc(N(c1nccs1)c1ccccc1OC(F)(F)F)n2C. The van der Waals surface area contributed by atoms with Crippen molar-refractivity contribution in [1.82, 2.24) is 14.5 Å². The summed E-state index contributed by atoms with van der Waals surface area (Å²) in [4.78, 5) is 21.7. The molecule has 2 aromatic carbocycles. The number of aryl methyl sites for hydroxylation is 1. The summed E-state index contributed by atoms with van der Waals surface area (Å²) >= 11 is 1.19. The highest BCUT2D eigenvalue weighted by atomic mass is 32.1. The van der Waals surface area contributed by atoms with Gasteiger partial charge in [0.05, 0.1) is 23.8 Å². The predicted octanol–water partition coefficient (Wildman–Crippen LogP) is 5.11. The van der Waals surface area contributed by atoms with E-state index in [1.165, 1.54) is 59.9 Å². The molecule has 0 radical (unpaired) electrons. The number of methoxy groups -OCH3 is 1. The molecule has 0 aliphatic rings. The molecular weight excluding hydrogens is 449 g/mol. The number of carbonyl (C=O) groups is 1. The summed E-state index contributed by atoms with van der Waals surface area (Å²) in [5.41, 5.74) is 0.795. The predicted molar refractivity (Wildman–Crippen MR) is 111 cm³/mol. The minimum atomic E-state index is -4.90. The fourth-order valence-corrected chi connectivity index (χ4v) is 3.87. The number of anilines is 3. The van der Waals surface area contributed by atoms with Crippen molar-refractivity contribution >= 4 is 45.1 Å². The van der Waals surface area contributed by atoms with E-state index in [0.717, 1.165) is 0 Å². The zero-order chi connectivity index (χ0) is 23.0. The molecule has 0 bridgehead atoms. The van der Waals surface area contributed by atoms with Crippen LogP contribution in [0.4, 0.5) is 29.9 Å².